The van der Waals surface area contributed by atoms with Gasteiger partial charge in [-0.25, -0.2) is 0 Å². The normalized spacial score (nSPS) is 11.1. The predicted octanol–water partition coefficient (Wildman–Crippen LogP) is 2.04. The number of nitrogens with zero attached hydrogens (tertiary/aromatic N) is 2. The summed E-state index contributed by atoms with van der Waals surface area (Å²) in [5, 5.41) is 2.90. The second kappa shape index (κ2) is 7.24. The molecule has 1 aromatic heterocycles. The Hall–Kier alpha value is -1.42. The molecule has 0 bridgehead atoms. The third-order valence-corrected chi connectivity index (χ3v) is 2.75. The average Bonchev–Trinajstić information content (AvgIpc) is 2.23. The molecule has 106 valence electrons. The number of carbonyl (C=O) groups is 1. The fourth-order valence-electron chi connectivity index (χ4n) is 2.05. The summed E-state index contributed by atoms with van der Waals surface area (Å²) < 4.78 is 0. The lowest BCUT2D eigenvalue weighted by Gasteiger charge is -2.17. The van der Waals surface area contributed by atoms with Crippen molar-refractivity contribution in [3.8, 4) is 0 Å². The Bertz CT molecular complexity index is 409. The molecule has 0 aromatic carbocycles. The molecule has 19 heavy (non-hydrogen) atoms. The molecule has 0 radical (unpaired) electrons. The maximum absolute atomic E-state index is 11.6. The maximum Gasteiger partial charge on any atom is 0.221 e. The van der Waals surface area contributed by atoms with Crippen molar-refractivity contribution in [2.45, 2.75) is 46.7 Å². The molecule has 0 aliphatic carbocycles. The van der Waals surface area contributed by atoms with Gasteiger partial charge >= 0.3 is 0 Å². The minimum absolute atomic E-state index is 0.107. The molecule has 0 atom stereocenters. The molecule has 1 aromatic rings. The van der Waals surface area contributed by atoms with E-state index in [2.05, 4.69) is 34.3 Å². The zero-order valence-corrected chi connectivity index (χ0v) is 12.7. The first kappa shape index (κ1) is 15.6. The Labute approximate surface area is 116 Å². The van der Waals surface area contributed by atoms with Crippen molar-refractivity contribution in [3.63, 3.8) is 0 Å². The van der Waals surface area contributed by atoms with Crippen molar-refractivity contribution in [1.29, 1.82) is 0 Å². The summed E-state index contributed by atoms with van der Waals surface area (Å²) in [4.78, 5) is 18.2. The number of hydrogen-bond donors (Lipinski definition) is 1. The molecule has 0 unspecified atom stereocenters. The standard InChI is InChI=1S/C15H25N3O/c1-11(2)16-15(19)6-7-18(5)10-14-9-12(3)8-13(4)17-14/h8-9,11H,6-7,10H2,1-5H3,(H,16,19). The van der Waals surface area contributed by atoms with Gasteiger partial charge in [-0.1, -0.05) is 0 Å². The first-order valence-corrected chi connectivity index (χ1v) is 6.79. The number of hydrogen-bond acceptors (Lipinski definition) is 3. The van der Waals surface area contributed by atoms with Crippen LogP contribution < -0.4 is 5.32 Å². The highest BCUT2D eigenvalue weighted by Gasteiger charge is 2.07. The van der Waals surface area contributed by atoms with E-state index in [-0.39, 0.29) is 11.9 Å². The molecule has 1 rings (SSSR count). The molecule has 1 heterocycles. The first-order chi connectivity index (χ1) is 8.86. The first-order valence-electron chi connectivity index (χ1n) is 6.79. The molecule has 0 saturated carbocycles. The van der Waals surface area contributed by atoms with Gasteiger partial charge in [0.25, 0.3) is 0 Å². The smallest absolute Gasteiger partial charge is 0.221 e. The van der Waals surface area contributed by atoms with Gasteiger partial charge < -0.3 is 10.2 Å². The van der Waals surface area contributed by atoms with E-state index in [9.17, 15) is 4.79 Å². The van der Waals surface area contributed by atoms with Crippen molar-refractivity contribution >= 4 is 5.91 Å². The molecule has 4 nitrogen and oxygen atoms in total. The summed E-state index contributed by atoms with van der Waals surface area (Å²) >= 11 is 0. The Morgan fingerprint density at radius 3 is 2.63 bits per heavy atom. The van der Waals surface area contributed by atoms with Gasteiger partial charge in [0, 0.05) is 31.2 Å². The van der Waals surface area contributed by atoms with Crippen LogP contribution in [0.3, 0.4) is 0 Å². The molecule has 1 N–H and O–H groups in total. The van der Waals surface area contributed by atoms with Gasteiger partial charge in [0.1, 0.15) is 0 Å². The Balaban J connectivity index is 2.42. The highest BCUT2D eigenvalue weighted by Crippen LogP contribution is 2.06. The predicted molar refractivity (Wildman–Crippen MR) is 77.9 cm³/mol. The third kappa shape index (κ3) is 6.34. The number of nitrogens with one attached hydrogen (secondary N) is 1. The van der Waals surface area contributed by atoms with Crippen molar-refractivity contribution < 1.29 is 4.79 Å². The summed E-state index contributed by atoms with van der Waals surface area (Å²) in [6.07, 6.45) is 0.527. The van der Waals surface area contributed by atoms with Gasteiger partial charge in [0.15, 0.2) is 0 Å². The molecular formula is C15H25N3O. The second-order valence-electron chi connectivity index (χ2n) is 5.49. The van der Waals surface area contributed by atoms with Crippen LogP contribution in [0.4, 0.5) is 0 Å². The van der Waals surface area contributed by atoms with Gasteiger partial charge in [-0.2, -0.15) is 0 Å². The Morgan fingerprint density at radius 2 is 2.05 bits per heavy atom. The van der Waals surface area contributed by atoms with E-state index in [1.165, 1.54) is 5.56 Å². The van der Waals surface area contributed by atoms with Crippen LogP contribution in [0, 0.1) is 13.8 Å². The van der Waals surface area contributed by atoms with Crippen LogP contribution in [-0.4, -0.2) is 35.4 Å². The van der Waals surface area contributed by atoms with Gasteiger partial charge in [-0.15, -0.1) is 0 Å². The number of rotatable bonds is 6. The monoisotopic (exact) mass is 263 g/mol. The van der Waals surface area contributed by atoms with E-state index in [1.54, 1.807) is 0 Å². The van der Waals surface area contributed by atoms with E-state index in [4.69, 9.17) is 0 Å². The van der Waals surface area contributed by atoms with E-state index in [0.717, 1.165) is 24.5 Å². The molecular weight excluding hydrogens is 238 g/mol. The quantitative estimate of drug-likeness (QED) is 0.854. The van der Waals surface area contributed by atoms with Crippen LogP contribution in [0.15, 0.2) is 12.1 Å². The van der Waals surface area contributed by atoms with Gasteiger partial charge in [-0.3, -0.25) is 9.78 Å². The Morgan fingerprint density at radius 1 is 1.37 bits per heavy atom. The molecule has 0 aliphatic rings. The van der Waals surface area contributed by atoms with Crippen LogP contribution in [0.2, 0.25) is 0 Å². The molecule has 0 saturated heterocycles. The van der Waals surface area contributed by atoms with Crippen molar-refractivity contribution in [2.75, 3.05) is 13.6 Å². The van der Waals surface area contributed by atoms with Gasteiger partial charge in [0.05, 0.1) is 5.69 Å². The van der Waals surface area contributed by atoms with Gasteiger partial charge in [-0.05, 0) is 52.4 Å². The highest BCUT2D eigenvalue weighted by molar-refractivity contribution is 5.76. The fourth-order valence-corrected chi connectivity index (χ4v) is 2.05. The SMILES string of the molecule is Cc1cc(C)nc(CN(C)CCC(=O)NC(C)C)c1. The summed E-state index contributed by atoms with van der Waals surface area (Å²) in [6.45, 7) is 9.55. The summed E-state index contributed by atoms with van der Waals surface area (Å²) in [6, 6.07) is 4.37. The second-order valence-corrected chi connectivity index (χ2v) is 5.49. The van der Waals surface area contributed by atoms with Gasteiger partial charge in [0.2, 0.25) is 5.91 Å². The summed E-state index contributed by atoms with van der Waals surface area (Å²) in [5.41, 5.74) is 3.33. The third-order valence-electron chi connectivity index (χ3n) is 2.75. The number of aryl methyl sites for hydroxylation is 2. The number of pyridine rings is 1. The van der Waals surface area contributed by atoms with Crippen LogP contribution >= 0.6 is 0 Å². The van der Waals surface area contributed by atoms with Crippen molar-refractivity contribution in [1.82, 2.24) is 15.2 Å². The zero-order valence-electron chi connectivity index (χ0n) is 12.7. The largest absolute Gasteiger partial charge is 0.354 e. The van der Waals surface area contributed by atoms with E-state index in [1.807, 2.05) is 27.8 Å². The molecule has 0 spiro atoms. The van der Waals surface area contributed by atoms with E-state index < -0.39 is 0 Å². The molecule has 1 amide bonds. The van der Waals surface area contributed by atoms with Crippen LogP contribution in [0.1, 0.15) is 37.2 Å². The highest BCUT2D eigenvalue weighted by atomic mass is 16.1. The minimum Gasteiger partial charge on any atom is -0.354 e. The lowest BCUT2D eigenvalue weighted by atomic mass is 10.2. The van der Waals surface area contributed by atoms with Crippen LogP contribution in [0.5, 0.6) is 0 Å². The fraction of sp³-hybridized carbons (Fsp3) is 0.600. The number of aromatic nitrogens is 1. The Kier molecular flexibility index (Phi) is 5.96. The number of carbonyl (C=O) groups excluding carboxylic acids is 1. The average molecular weight is 263 g/mol. The zero-order chi connectivity index (χ0) is 14.4. The van der Waals surface area contributed by atoms with Crippen LogP contribution in [-0.2, 0) is 11.3 Å². The number of amides is 1. The molecule has 4 heteroatoms. The summed E-state index contributed by atoms with van der Waals surface area (Å²) in [5.74, 6) is 0.107. The van der Waals surface area contributed by atoms with Crippen LogP contribution in [0.25, 0.3) is 0 Å². The summed E-state index contributed by atoms with van der Waals surface area (Å²) in [7, 11) is 2.02. The lowest BCUT2D eigenvalue weighted by Crippen LogP contribution is -2.33. The van der Waals surface area contributed by atoms with E-state index in [0.29, 0.717) is 6.42 Å². The minimum atomic E-state index is 0.107. The van der Waals surface area contributed by atoms with Crippen molar-refractivity contribution in [3.05, 3.63) is 29.1 Å². The topological polar surface area (TPSA) is 45.2 Å². The molecule has 0 fully saturated rings. The maximum atomic E-state index is 11.6. The van der Waals surface area contributed by atoms with E-state index >= 15 is 0 Å². The lowest BCUT2D eigenvalue weighted by molar-refractivity contribution is -0.121. The van der Waals surface area contributed by atoms with Crippen molar-refractivity contribution in [2.24, 2.45) is 0 Å². The molecule has 0 aliphatic heterocycles.